The SMILES string of the molecule is CC[C@H](C(=O)NC1CCCC1)N(Cc1cccc(OC)c1)C(=O)COc1ccc(C(C)C)cc1. The Morgan fingerprint density at radius 1 is 1.06 bits per heavy atom. The van der Waals surface area contributed by atoms with Gasteiger partial charge in [-0.2, -0.15) is 0 Å². The number of ether oxygens (including phenoxy) is 2. The number of amides is 2. The van der Waals surface area contributed by atoms with Gasteiger partial charge in [0.1, 0.15) is 17.5 Å². The molecule has 1 N–H and O–H groups in total. The Kier molecular flexibility index (Phi) is 9.37. The lowest BCUT2D eigenvalue weighted by Gasteiger charge is -2.31. The molecule has 1 aliphatic rings. The fraction of sp³-hybridized carbons (Fsp3) is 0.500. The van der Waals surface area contributed by atoms with Gasteiger partial charge < -0.3 is 19.7 Å². The standard InChI is InChI=1S/C28H38N2O4/c1-5-26(28(32)29-23-10-6-7-11-23)30(18-21-9-8-12-25(17-21)33-4)27(31)19-34-24-15-13-22(14-16-24)20(2)3/h8-9,12-17,20,23,26H,5-7,10-11,18-19H2,1-4H3,(H,29,32)/t26-/m1/s1. The van der Waals surface area contributed by atoms with E-state index in [1.807, 2.05) is 55.5 Å². The van der Waals surface area contributed by atoms with E-state index in [-0.39, 0.29) is 24.5 Å². The van der Waals surface area contributed by atoms with E-state index in [2.05, 4.69) is 19.2 Å². The Balaban J connectivity index is 1.75. The second-order valence-electron chi connectivity index (χ2n) is 9.30. The number of nitrogens with one attached hydrogen (secondary N) is 1. The molecular weight excluding hydrogens is 428 g/mol. The smallest absolute Gasteiger partial charge is 0.261 e. The zero-order chi connectivity index (χ0) is 24.5. The first kappa shape index (κ1) is 25.6. The van der Waals surface area contributed by atoms with E-state index >= 15 is 0 Å². The summed E-state index contributed by atoms with van der Waals surface area (Å²) in [5, 5.41) is 3.17. The van der Waals surface area contributed by atoms with Crippen molar-refractivity contribution in [3.8, 4) is 11.5 Å². The van der Waals surface area contributed by atoms with Crippen molar-refractivity contribution in [2.24, 2.45) is 0 Å². The summed E-state index contributed by atoms with van der Waals surface area (Å²) < 4.78 is 11.2. The summed E-state index contributed by atoms with van der Waals surface area (Å²) in [6.07, 6.45) is 4.80. The molecule has 2 amide bonds. The summed E-state index contributed by atoms with van der Waals surface area (Å²) in [4.78, 5) is 28.2. The van der Waals surface area contributed by atoms with Gasteiger partial charge >= 0.3 is 0 Å². The maximum Gasteiger partial charge on any atom is 0.261 e. The van der Waals surface area contributed by atoms with Crippen LogP contribution in [0.4, 0.5) is 0 Å². The zero-order valence-electron chi connectivity index (χ0n) is 20.9. The third-order valence-corrected chi connectivity index (χ3v) is 6.48. The zero-order valence-corrected chi connectivity index (χ0v) is 20.9. The minimum absolute atomic E-state index is 0.0908. The van der Waals surface area contributed by atoms with Crippen molar-refractivity contribution >= 4 is 11.8 Å². The van der Waals surface area contributed by atoms with Gasteiger partial charge in [-0.3, -0.25) is 9.59 Å². The van der Waals surface area contributed by atoms with Crippen molar-refractivity contribution in [3.63, 3.8) is 0 Å². The monoisotopic (exact) mass is 466 g/mol. The predicted octanol–water partition coefficient (Wildman–Crippen LogP) is 5.06. The van der Waals surface area contributed by atoms with Gasteiger partial charge in [0, 0.05) is 12.6 Å². The first-order valence-corrected chi connectivity index (χ1v) is 12.4. The molecule has 0 heterocycles. The Bertz CT molecular complexity index is 936. The van der Waals surface area contributed by atoms with Gasteiger partial charge in [-0.25, -0.2) is 0 Å². The van der Waals surface area contributed by atoms with Gasteiger partial charge in [0.2, 0.25) is 5.91 Å². The number of carbonyl (C=O) groups excluding carboxylic acids is 2. The van der Waals surface area contributed by atoms with Crippen molar-refractivity contribution < 1.29 is 19.1 Å². The molecule has 34 heavy (non-hydrogen) atoms. The highest BCUT2D eigenvalue weighted by atomic mass is 16.5. The number of hydrogen-bond acceptors (Lipinski definition) is 4. The van der Waals surface area contributed by atoms with Gasteiger partial charge in [-0.1, -0.05) is 57.9 Å². The van der Waals surface area contributed by atoms with Crippen LogP contribution in [-0.4, -0.2) is 42.5 Å². The quantitative estimate of drug-likeness (QED) is 0.502. The molecule has 0 spiro atoms. The molecular formula is C28H38N2O4. The average Bonchev–Trinajstić information content (AvgIpc) is 3.35. The molecule has 0 aromatic heterocycles. The summed E-state index contributed by atoms with van der Waals surface area (Å²) in [7, 11) is 1.62. The van der Waals surface area contributed by atoms with Crippen LogP contribution in [0.1, 0.15) is 69.9 Å². The fourth-order valence-electron chi connectivity index (χ4n) is 4.43. The van der Waals surface area contributed by atoms with Crippen LogP contribution in [0.5, 0.6) is 11.5 Å². The number of carbonyl (C=O) groups is 2. The highest BCUT2D eigenvalue weighted by molar-refractivity contribution is 5.88. The molecule has 1 saturated carbocycles. The van der Waals surface area contributed by atoms with E-state index in [9.17, 15) is 9.59 Å². The normalized spacial score (nSPS) is 14.6. The lowest BCUT2D eigenvalue weighted by molar-refractivity contribution is -0.143. The number of methoxy groups -OCH3 is 1. The van der Waals surface area contributed by atoms with Gasteiger partial charge in [0.25, 0.3) is 5.91 Å². The largest absolute Gasteiger partial charge is 0.497 e. The van der Waals surface area contributed by atoms with Crippen LogP contribution in [-0.2, 0) is 16.1 Å². The van der Waals surface area contributed by atoms with Crippen LogP contribution in [0.3, 0.4) is 0 Å². The van der Waals surface area contributed by atoms with E-state index in [0.717, 1.165) is 37.0 Å². The summed E-state index contributed by atoms with van der Waals surface area (Å²) in [6, 6.07) is 15.0. The first-order valence-electron chi connectivity index (χ1n) is 12.4. The van der Waals surface area contributed by atoms with Crippen LogP contribution in [0.25, 0.3) is 0 Å². The first-order chi connectivity index (χ1) is 16.4. The minimum atomic E-state index is -0.564. The molecule has 1 aliphatic carbocycles. The predicted molar refractivity (Wildman–Crippen MR) is 134 cm³/mol. The Morgan fingerprint density at radius 2 is 1.76 bits per heavy atom. The summed E-state index contributed by atoms with van der Waals surface area (Å²) in [5.41, 5.74) is 2.12. The molecule has 0 bridgehead atoms. The third-order valence-electron chi connectivity index (χ3n) is 6.48. The molecule has 0 saturated heterocycles. The van der Waals surface area contributed by atoms with E-state index in [1.54, 1.807) is 12.0 Å². The van der Waals surface area contributed by atoms with Crippen LogP contribution < -0.4 is 14.8 Å². The summed E-state index contributed by atoms with van der Waals surface area (Å²) in [6.45, 7) is 6.39. The lowest BCUT2D eigenvalue weighted by atomic mass is 10.0. The molecule has 184 valence electrons. The van der Waals surface area contributed by atoms with Gasteiger partial charge in [-0.05, 0) is 60.6 Å². The second-order valence-corrected chi connectivity index (χ2v) is 9.30. The molecule has 0 radical (unpaired) electrons. The molecule has 6 nitrogen and oxygen atoms in total. The highest BCUT2D eigenvalue weighted by Gasteiger charge is 2.31. The number of hydrogen-bond donors (Lipinski definition) is 1. The van der Waals surface area contributed by atoms with Crippen LogP contribution >= 0.6 is 0 Å². The van der Waals surface area contributed by atoms with Crippen molar-refractivity contribution in [2.75, 3.05) is 13.7 Å². The van der Waals surface area contributed by atoms with Crippen LogP contribution in [0.15, 0.2) is 48.5 Å². The molecule has 3 rings (SSSR count). The van der Waals surface area contributed by atoms with Gasteiger partial charge in [-0.15, -0.1) is 0 Å². The Morgan fingerprint density at radius 3 is 2.38 bits per heavy atom. The van der Waals surface area contributed by atoms with Crippen molar-refractivity contribution in [1.82, 2.24) is 10.2 Å². The molecule has 6 heteroatoms. The molecule has 1 fully saturated rings. The highest BCUT2D eigenvalue weighted by Crippen LogP contribution is 2.22. The number of nitrogens with zero attached hydrogens (tertiary/aromatic N) is 1. The second kappa shape index (κ2) is 12.4. The lowest BCUT2D eigenvalue weighted by Crippen LogP contribution is -2.52. The summed E-state index contributed by atoms with van der Waals surface area (Å²) >= 11 is 0. The van der Waals surface area contributed by atoms with Crippen molar-refractivity contribution in [2.45, 2.75) is 77.4 Å². The molecule has 0 unspecified atom stereocenters. The van der Waals surface area contributed by atoms with Crippen molar-refractivity contribution in [3.05, 3.63) is 59.7 Å². The number of benzene rings is 2. The maximum absolute atomic E-state index is 13.4. The number of rotatable bonds is 11. The van der Waals surface area contributed by atoms with Gasteiger partial charge in [0.15, 0.2) is 6.61 Å². The minimum Gasteiger partial charge on any atom is -0.497 e. The van der Waals surface area contributed by atoms with E-state index in [0.29, 0.717) is 24.6 Å². The Hall–Kier alpha value is -3.02. The van der Waals surface area contributed by atoms with E-state index in [4.69, 9.17) is 9.47 Å². The maximum atomic E-state index is 13.4. The molecule has 2 aromatic carbocycles. The van der Waals surface area contributed by atoms with Crippen molar-refractivity contribution in [1.29, 1.82) is 0 Å². The average molecular weight is 467 g/mol. The van der Waals surface area contributed by atoms with E-state index < -0.39 is 6.04 Å². The van der Waals surface area contributed by atoms with Gasteiger partial charge in [0.05, 0.1) is 7.11 Å². The molecule has 1 atom stereocenters. The van der Waals surface area contributed by atoms with Crippen LogP contribution in [0, 0.1) is 0 Å². The fourth-order valence-corrected chi connectivity index (χ4v) is 4.43. The van der Waals surface area contributed by atoms with Crippen LogP contribution in [0.2, 0.25) is 0 Å². The third kappa shape index (κ3) is 6.99. The topological polar surface area (TPSA) is 67.9 Å². The molecule has 0 aliphatic heterocycles. The molecule has 2 aromatic rings. The summed E-state index contributed by atoms with van der Waals surface area (Å²) in [5.74, 6) is 1.48. The Labute approximate surface area is 203 Å². The van der Waals surface area contributed by atoms with E-state index in [1.165, 1.54) is 5.56 Å².